The third-order valence-corrected chi connectivity index (χ3v) is 4.96. The SMILES string of the molecule is CC(C)C[C@@H](C1=NCC(c2ccccc2)O1)N1C(=O)c2ccccc2C1=O. The summed E-state index contributed by atoms with van der Waals surface area (Å²) >= 11 is 0. The first-order chi connectivity index (χ1) is 13.1. The minimum Gasteiger partial charge on any atom is -0.469 e. The molecule has 0 bridgehead atoms. The van der Waals surface area contributed by atoms with Gasteiger partial charge < -0.3 is 4.74 Å². The molecule has 0 spiro atoms. The molecule has 5 heteroatoms. The second-order valence-electron chi connectivity index (χ2n) is 7.37. The first-order valence-corrected chi connectivity index (χ1v) is 9.29. The molecule has 0 aliphatic carbocycles. The summed E-state index contributed by atoms with van der Waals surface area (Å²) in [5.41, 5.74) is 1.95. The lowest BCUT2D eigenvalue weighted by Crippen LogP contribution is -2.45. The van der Waals surface area contributed by atoms with E-state index < -0.39 is 6.04 Å². The first-order valence-electron chi connectivity index (χ1n) is 9.29. The van der Waals surface area contributed by atoms with Crippen LogP contribution in [0.15, 0.2) is 59.6 Å². The molecule has 1 unspecified atom stereocenters. The summed E-state index contributed by atoms with van der Waals surface area (Å²) in [6, 6.07) is 16.4. The number of aliphatic imine (C=N–C) groups is 1. The van der Waals surface area contributed by atoms with Crippen molar-refractivity contribution < 1.29 is 14.3 Å². The zero-order valence-electron chi connectivity index (χ0n) is 15.5. The fourth-order valence-corrected chi connectivity index (χ4v) is 3.67. The molecule has 2 aliphatic heterocycles. The monoisotopic (exact) mass is 362 g/mol. The van der Waals surface area contributed by atoms with Crippen molar-refractivity contribution in [1.82, 2.24) is 4.90 Å². The van der Waals surface area contributed by atoms with Crippen LogP contribution in [0.1, 0.15) is 52.7 Å². The Bertz CT molecular complexity index is 870. The standard InChI is InChI=1S/C22H22N2O3/c1-14(2)12-18(20-23-13-19(27-20)15-8-4-3-5-9-15)24-21(25)16-10-6-7-11-17(16)22(24)26/h3-11,14,18-19H,12-13H2,1-2H3/t18-,19?/m0/s1. The number of rotatable bonds is 5. The van der Waals surface area contributed by atoms with Crippen molar-refractivity contribution in [3.05, 3.63) is 71.3 Å². The van der Waals surface area contributed by atoms with E-state index in [9.17, 15) is 9.59 Å². The van der Waals surface area contributed by atoms with E-state index >= 15 is 0 Å². The average molecular weight is 362 g/mol. The number of hydrogen-bond donors (Lipinski definition) is 0. The van der Waals surface area contributed by atoms with Crippen molar-refractivity contribution in [3.63, 3.8) is 0 Å². The van der Waals surface area contributed by atoms with Crippen molar-refractivity contribution in [2.24, 2.45) is 10.9 Å². The first kappa shape index (κ1) is 17.5. The van der Waals surface area contributed by atoms with Crippen LogP contribution in [0.4, 0.5) is 0 Å². The van der Waals surface area contributed by atoms with Crippen LogP contribution in [0.5, 0.6) is 0 Å². The van der Waals surface area contributed by atoms with E-state index in [1.165, 1.54) is 4.90 Å². The van der Waals surface area contributed by atoms with Gasteiger partial charge in [-0.2, -0.15) is 0 Å². The summed E-state index contributed by atoms with van der Waals surface area (Å²) in [4.78, 5) is 31.8. The van der Waals surface area contributed by atoms with Gasteiger partial charge in [-0.05, 0) is 30.0 Å². The van der Waals surface area contributed by atoms with E-state index in [1.54, 1.807) is 24.3 Å². The zero-order valence-corrected chi connectivity index (χ0v) is 15.5. The predicted molar refractivity (Wildman–Crippen MR) is 103 cm³/mol. The van der Waals surface area contributed by atoms with Gasteiger partial charge in [-0.25, -0.2) is 4.99 Å². The summed E-state index contributed by atoms with van der Waals surface area (Å²) in [5.74, 6) is 0.222. The van der Waals surface area contributed by atoms with Gasteiger partial charge >= 0.3 is 0 Å². The number of amides is 2. The van der Waals surface area contributed by atoms with Crippen molar-refractivity contribution in [3.8, 4) is 0 Å². The molecule has 2 aliphatic rings. The van der Waals surface area contributed by atoms with E-state index in [0.717, 1.165) is 5.56 Å². The molecule has 0 radical (unpaired) electrons. The van der Waals surface area contributed by atoms with Crippen molar-refractivity contribution in [2.45, 2.75) is 32.4 Å². The molecule has 0 saturated heterocycles. The lowest BCUT2D eigenvalue weighted by atomic mass is 10.0. The lowest BCUT2D eigenvalue weighted by Gasteiger charge is -2.27. The van der Waals surface area contributed by atoms with Gasteiger partial charge in [0, 0.05) is 0 Å². The molecular formula is C22H22N2O3. The number of hydrogen-bond acceptors (Lipinski definition) is 4. The normalized spacial score (nSPS) is 19.9. The average Bonchev–Trinajstić information content (AvgIpc) is 3.26. The zero-order chi connectivity index (χ0) is 19.0. The van der Waals surface area contributed by atoms with E-state index in [4.69, 9.17) is 4.74 Å². The van der Waals surface area contributed by atoms with E-state index in [1.807, 2.05) is 30.3 Å². The summed E-state index contributed by atoms with van der Waals surface area (Å²) in [7, 11) is 0. The summed E-state index contributed by atoms with van der Waals surface area (Å²) in [6.07, 6.45) is 0.442. The number of ether oxygens (including phenoxy) is 1. The van der Waals surface area contributed by atoms with E-state index in [0.29, 0.717) is 30.0 Å². The molecular weight excluding hydrogens is 340 g/mol. The maximum atomic E-state index is 12.9. The van der Waals surface area contributed by atoms with Gasteiger partial charge in [0.25, 0.3) is 11.8 Å². The Morgan fingerprint density at radius 1 is 1.00 bits per heavy atom. The van der Waals surface area contributed by atoms with E-state index in [-0.39, 0.29) is 23.8 Å². The Kier molecular flexibility index (Phi) is 4.52. The highest BCUT2D eigenvalue weighted by Gasteiger charge is 2.44. The molecule has 2 amide bonds. The fourth-order valence-electron chi connectivity index (χ4n) is 3.67. The molecule has 0 fully saturated rings. The predicted octanol–water partition coefficient (Wildman–Crippen LogP) is 3.87. The Labute approximate surface area is 158 Å². The van der Waals surface area contributed by atoms with Crippen molar-refractivity contribution in [2.75, 3.05) is 6.54 Å². The van der Waals surface area contributed by atoms with Gasteiger partial charge in [0.1, 0.15) is 12.1 Å². The highest BCUT2D eigenvalue weighted by atomic mass is 16.5. The summed E-state index contributed by atoms with van der Waals surface area (Å²) in [5, 5.41) is 0. The van der Waals surface area contributed by atoms with Crippen LogP contribution in [-0.4, -0.2) is 35.2 Å². The number of fused-ring (bicyclic) bond motifs is 1. The second-order valence-corrected chi connectivity index (χ2v) is 7.37. The molecule has 2 aromatic carbocycles. The van der Waals surface area contributed by atoms with Gasteiger partial charge in [0.15, 0.2) is 0 Å². The van der Waals surface area contributed by atoms with Crippen molar-refractivity contribution >= 4 is 17.7 Å². The number of carbonyl (C=O) groups excluding carboxylic acids is 2. The Morgan fingerprint density at radius 3 is 2.19 bits per heavy atom. The second kappa shape index (κ2) is 6.99. The largest absolute Gasteiger partial charge is 0.469 e. The number of carbonyl (C=O) groups is 2. The summed E-state index contributed by atoms with van der Waals surface area (Å²) < 4.78 is 6.12. The number of nitrogens with zero attached hydrogens (tertiary/aromatic N) is 2. The number of imide groups is 1. The van der Waals surface area contributed by atoms with Crippen LogP contribution in [0.25, 0.3) is 0 Å². The Hall–Kier alpha value is -2.95. The Morgan fingerprint density at radius 2 is 1.59 bits per heavy atom. The van der Waals surface area contributed by atoms with Gasteiger partial charge in [0.05, 0.1) is 17.7 Å². The third kappa shape index (κ3) is 3.14. The van der Waals surface area contributed by atoms with Crippen molar-refractivity contribution in [1.29, 1.82) is 0 Å². The van der Waals surface area contributed by atoms with Crippen LogP contribution in [0, 0.1) is 5.92 Å². The van der Waals surface area contributed by atoms with Gasteiger partial charge in [-0.15, -0.1) is 0 Å². The smallest absolute Gasteiger partial charge is 0.262 e. The Balaban J connectivity index is 1.62. The van der Waals surface area contributed by atoms with Crippen LogP contribution in [0.2, 0.25) is 0 Å². The molecule has 2 aromatic rings. The molecule has 0 saturated carbocycles. The number of benzene rings is 2. The van der Waals surface area contributed by atoms with Gasteiger partial charge in [-0.3, -0.25) is 14.5 Å². The van der Waals surface area contributed by atoms with Crippen LogP contribution < -0.4 is 0 Å². The molecule has 0 N–H and O–H groups in total. The molecule has 27 heavy (non-hydrogen) atoms. The highest BCUT2D eigenvalue weighted by Crippen LogP contribution is 2.31. The van der Waals surface area contributed by atoms with Crippen LogP contribution in [-0.2, 0) is 4.74 Å². The van der Waals surface area contributed by atoms with E-state index in [2.05, 4.69) is 18.8 Å². The molecule has 4 rings (SSSR count). The highest BCUT2D eigenvalue weighted by molar-refractivity contribution is 6.22. The molecule has 5 nitrogen and oxygen atoms in total. The third-order valence-electron chi connectivity index (χ3n) is 4.96. The maximum absolute atomic E-state index is 12.9. The molecule has 138 valence electrons. The summed E-state index contributed by atoms with van der Waals surface area (Å²) in [6.45, 7) is 4.63. The maximum Gasteiger partial charge on any atom is 0.262 e. The molecule has 0 aromatic heterocycles. The fraction of sp³-hybridized carbons (Fsp3) is 0.318. The molecule has 2 atom stereocenters. The van der Waals surface area contributed by atoms with Gasteiger partial charge in [0.2, 0.25) is 5.90 Å². The molecule has 2 heterocycles. The van der Waals surface area contributed by atoms with Crippen LogP contribution in [0.3, 0.4) is 0 Å². The lowest BCUT2D eigenvalue weighted by molar-refractivity contribution is 0.0590. The quantitative estimate of drug-likeness (QED) is 0.759. The van der Waals surface area contributed by atoms with Crippen LogP contribution >= 0.6 is 0 Å². The minimum absolute atomic E-state index is 0.175. The topological polar surface area (TPSA) is 59.0 Å². The minimum atomic E-state index is -0.480. The van der Waals surface area contributed by atoms with Gasteiger partial charge in [-0.1, -0.05) is 56.3 Å².